The van der Waals surface area contributed by atoms with Gasteiger partial charge in [0.25, 0.3) is 11.6 Å². The largest absolute Gasteiger partial charge is 0.508 e. The van der Waals surface area contributed by atoms with E-state index in [2.05, 4.69) is 5.32 Å². The average molecular weight is 520 g/mol. The highest BCUT2D eigenvalue weighted by molar-refractivity contribution is 5.96. The molecule has 1 aliphatic heterocycles. The molecule has 3 rings (SSSR count). The van der Waals surface area contributed by atoms with Crippen molar-refractivity contribution in [3.63, 3.8) is 0 Å². The maximum Gasteiger partial charge on any atom is 0.269 e. The highest BCUT2D eigenvalue weighted by Gasteiger charge is 2.31. The minimum Gasteiger partial charge on any atom is -0.508 e. The van der Waals surface area contributed by atoms with E-state index in [0.717, 1.165) is 5.56 Å². The number of ether oxygens (including phenoxy) is 1. The Hall–Kier alpha value is -3.71. The summed E-state index contributed by atoms with van der Waals surface area (Å²) in [5.41, 5.74) is 7.23. The lowest BCUT2D eigenvalue weighted by atomic mass is 9.92. The number of nitro benzene ring substituents is 1. The highest BCUT2D eigenvalue weighted by atomic mass is 16.6. The molecule has 1 heterocycles. The maximum absolute atomic E-state index is 12.4. The van der Waals surface area contributed by atoms with E-state index < -0.39 is 17.1 Å². The first-order valence-corrected chi connectivity index (χ1v) is 11.4. The Labute approximate surface area is 214 Å². The molecular weight excluding hydrogens is 486 g/mol. The van der Waals surface area contributed by atoms with Crippen LogP contribution in [0.2, 0.25) is 0 Å². The molecule has 202 valence electrons. The van der Waals surface area contributed by atoms with E-state index in [-0.39, 0.29) is 35.8 Å². The second kappa shape index (κ2) is 16.1. The number of phenolic OH excluding ortho intramolecular Hbond substituents is 1. The SMILES string of the molecule is C=O.CC(=O)C1CC(O)CC(Cc2ccc(CO)cc2C(=O)NCCN)O1.O=[N+]([O-])c1ccc(O)cc1. The molecule has 12 nitrogen and oxygen atoms in total. The summed E-state index contributed by atoms with van der Waals surface area (Å²) in [6.45, 7) is 3.97. The molecule has 6 N–H and O–H groups in total. The van der Waals surface area contributed by atoms with E-state index in [1.807, 2.05) is 6.79 Å². The third-order valence-corrected chi connectivity index (χ3v) is 5.37. The zero-order chi connectivity index (χ0) is 28.0. The zero-order valence-corrected chi connectivity index (χ0v) is 20.5. The minimum absolute atomic E-state index is 0.0159. The van der Waals surface area contributed by atoms with Crippen LogP contribution in [0.1, 0.15) is 41.3 Å². The number of nitrogens with one attached hydrogen (secondary N) is 1. The van der Waals surface area contributed by atoms with Gasteiger partial charge in [0.15, 0.2) is 5.78 Å². The first kappa shape index (κ1) is 31.3. The fourth-order valence-corrected chi connectivity index (χ4v) is 3.60. The molecule has 0 saturated carbocycles. The number of amides is 1. The van der Waals surface area contributed by atoms with Crippen LogP contribution in [-0.2, 0) is 27.4 Å². The Morgan fingerprint density at radius 2 is 1.84 bits per heavy atom. The molecule has 2 aromatic carbocycles. The van der Waals surface area contributed by atoms with E-state index in [9.17, 15) is 29.9 Å². The molecule has 3 atom stereocenters. The summed E-state index contributed by atoms with van der Waals surface area (Å²) in [5.74, 6) is -0.346. The minimum atomic E-state index is -0.611. The van der Waals surface area contributed by atoms with Crippen LogP contribution in [-0.4, -0.2) is 70.1 Å². The van der Waals surface area contributed by atoms with Crippen molar-refractivity contribution in [1.29, 1.82) is 0 Å². The van der Waals surface area contributed by atoms with Gasteiger partial charge in [0.05, 0.1) is 23.7 Å². The number of aliphatic hydroxyl groups is 2. The van der Waals surface area contributed by atoms with Gasteiger partial charge in [0.2, 0.25) is 0 Å². The summed E-state index contributed by atoms with van der Waals surface area (Å²) in [4.78, 5) is 41.5. The third kappa shape index (κ3) is 10.4. The molecule has 1 aliphatic rings. The van der Waals surface area contributed by atoms with Gasteiger partial charge in [-0.25, -0.2) is 0 Å². The number of non-ortho nitro benzene ring substituents is 1. The predicted molar refractivity (Wildman–Crippen MR) is 134 cm³/mol. The fourth-order valence-electron chi connectivity index (χ4n) is 3.60. The Morgan fingerprint density at radius 1 is 1.19 bits per heavy atom. The molecular formula is C25H33N3O9. The van der Waals surface area contributed by atoms with Crippen molar-refractivity contribution in [2.45, 2.75) is 51.1 Å². The molecule has 2 aromatic rings. The van der Waals surface area contributed by atoms with Crippen LogP contribution in [0.5, 0.6) is 5.75 Å². The smallest absolute Gasteiger partial charge is 0.269 e. The molecule has 0 bridgehead atoms. The number of nitrogens with two attached hydrogens (primary N) is 1. The maximum atomic E-state index is 12.4. The molecule has 1 saturated heterocycles. The third-order valence-electron chi connectivity index (χ3n) is 5.37. The molecule has 0 spiro atoms. The number of phenols is 1. The number of hydrogen-bond acceptors (Lipinski definition) is 10. The fraction of sp³-hybridized carbons (Fsp3) is 0.400. The van der Waals surface area contributed by atoms with Crippen LogP contribution in [0.3, 0.4) is 0 Å². The van der Waals surface area contributed by atoms with Gasteiger partial charge < -0.3 is 35.9 Å². The van der Waals surface area contributed by atoms with Crippen molar-refractivity contribution >= 4 is 24.2 Å². The van der Waals surface area contributed by atoms with Crippen molar-refractivity contribution in [3.05, 3.63) is 69.3 Å². The topological polar surface area (TPSA) is 202 Å². The van der Waals surface area contributed by atoms with E-state index >= 15 is 0 Å². The summed E-state index contributed by atoms with van der Waals surface area (Å²) in [6, 6.07) is 10.2. The van der Waals surface area contributed by atoms with Gasteiger partial charge in [0.1, 0.15) is 18.6 Å². The molecule has 3 unspecified atom stereocenters. The number of hydrogen-bond donors (Lipinski definition) is 5. The number of aromatic hydroxyl groups is 1. The van der Waals surface area contributed by atoms with Crippen molar-refractivity contribution in [1.82, 2.24) is 5.32 Å². The van der Waals surface area contributed by atoms with Gasteiger partial charge in [-0.3, -0.25) is 19.7 Å². The molecule has 37 heavy (non-hydrogen) atoms. The van der Waals surface area contributed by atoms with Crippen molar-refractivity contribution in [3.8, 4) is 5.75 Å². The number of rotatable bonds is 8. The lowest BCUT2D eigenvalue weighted by Gasteiger charge is -2.32. The van der Waals surface area contributed by atoms with Gasteiger partial charge in [-0.15, -0.1) is 0 Å². The summed E-state index contributed by atoms with van der Waals surface area (Å²) in [7, 11) is 0. The summed E-state index contributed by atoms with van der Waals surface area (Å²) in [6.07, 6.45) is -0.440. The predicted octanol–water partition coefficient (Wildman–Crippen LogP) is 1.02. The lowest BCUT2D eigenvalue weighted by Crippen LogP contribution is -2.40. The second-order valence-corrected chi connectivity index (χ2v) is 8.15. The summed E-state index contributed by atoms with van der Waals surface area (Å²) >= 11 is 0. The standard InChI is InChI=1S/C18H26N2O5.C6H5NO3.CH2O/c1-11(22)17-9-14(23)8-15(25-17)7-13-3-2-12(10-21)6-16(13)18(24)20-5-4-19;8-6-3-1-5(2-4-6)7(9)10;1-2/h2-3,6,14-15,17,21,23H,4-5,7-10,19H2,1H3,(H,20,24);1-4,8H;1H2. The second-order valence-electron chi connectivity index (χ2n) is 8.15. The Kier molecular flexibility index (Phi) is 13.6. The van der Waals surface area contributed by atoms with Crippen LogP contribution in [0.15, 0.2) is 42.5 Å². The van der Waals surface area contributed by atoms with Gasteiger partial charge in [-0.2, -0.15) is 0 Å². The Morgan fingerprint density at radius 3 is 2.38 bits per heavy atom. The number of nitrogens with zero attached hydrogens (tertiary/aromatic N) is 1. The van der Waals surface area contributed by atoms with Crippen molar-refractivity contribution in [2.75, 3.05) is 13.1 Å². The van der Waals surface area contributed by atoms with Crippen LogP contribution < -0.4 is 11.1 Å². The number of benzene rings is 2. The van der Waals surface area contributed by atoms with Crippen LogP contribution >= 0.6 is 0 Å². The lowest BCUT2D eigenvalue weighted by molar-refractivity contribution is -0.384. The molecule has 0 radical (unpaired) electrons. The number of nitro groups is 1. The first-order valence-electron chi connectivity index (χ1n) is 11.4. The number of aliphatic hydroxyl groups excluding tert-OH is 2. The molecule has 1 amide bonds. The van der Waals surface area contributed by atoms with Gasteiger partial charge in [0, 0.05) is 37.2 Å². The van der Waals surface area contributed by atoms with Crippen molar-refractivity contribution in [2.24, 2.45) is 5.73 Å². The average Bonchev–Trinajstić information content (AvgIpc) is 2.89. The van der Waals surface area contributed by atoms with E-state index in [1.165, 1.54) is 31.2 Å². The van der Waals surface area contributed by atoms with Gasteiger partial charge >= 0.3 is 0 Å². The highest BCUT2D eigenvalue weighted by Crippen LogP contribution is 2.25. The molecule has 12 heteroatoms. The number of ketones is 1. The number of Topliss-reactive ketones (excluding diaryl/α,β-unsaturated/α-hetero) is 1. The number of carbonyl (C=O) groups excluding carboxylic acids is 3. The van der Waals surface area contributed by atoms with Gasteiger partial charge in [-0.05, 0) is 49.1 Å². The Bertz CT molecular complexity index is 1030. The van der Waals surface area contributed by atoms with Crippen molar-refractivity contribution < 1.29 is 39.4 Å². The van der Waals surface area contributed by atoms with Crippen LogP contribution in [0, 0.1) is 10.1 Å². The summed E-state index contributed by atoms with van der Waals surface area (Å²) < 4.78 is 5.78. The summed E-state index contributed by atoms with van der Waals surface area (Å²) in [5, 5.41) is 40.8. The zero-order valence-electron chi connectivity index (χ0n) is 20.5. The number of carbonyl (C=O) groups is 3. The van der Waals surface area contributed by atoms with E-state index in [4.69, 9.17) is 20.4 Å². The van der Waals surface area contributed by atoms with Crippen LogP contribution in [0.4, 0.5) is 5.69 Å². The molecule has 1 fully saturated rings. The molecule has 0 aromatic heterocycles. The Balaban J connectivity index is 0.000000475. The molecule has 0 aliphatic carbocycles. The van der Waals surface area contributed by atoms with Gasteiger partial charge in [-0.1, -0.05) is 12.1 Å². The normalized spacial score (nSPS) is 18.3. The first-order chi connectivity index (χ1) is 17.6. The van der Waals surface area contributed by atoms with Crippen LogP contribution in [0.25, 0.3) is 0 Å². The van der Waals surface area contributed by atoms with E-state index in [0.29, 0.717) is 43.5 Å². The monoisotopic (exact) mass is 519 g/mol. The van der Waals surface area contributed by atoms with E-state index in [1.54, 1.807) is 18.2 Å². The quantitative estimate of drug-likeness (QED) is 0.247.